The highest BCUT2D eigenvalue weighted by Crippen LogP contribution is 2.26. The van der Waals surface area contributed by atoms with Crippen LogP contribution in [-0.4, -0.2) is 168 Å². The largest absolute Gasteiger partial charge is 0.481 e. The Balaban J connectivity index is 3.52. The molecule has 1 rings (SSSR count). The molecule has 0 unspecified atom stereocenters. The van der Waals surface area contributed by atoms with Crippen molar-refractivity contribution in [2.45, 2.75) is 181 Å². The third-order valence-corrected chi connectivity index (χ3v) is 16.1. The molecule has 0 heterocycles. The number of Topliss-reactive ketones (excluding diaryl/α,β-unsaturated/α-hetero) is 5. The van der Waals surface area contributed by atoms with Gasteiger partial charge in [0, 0.05) is 81.3 Å². The van der Waals surface area contributed by atoms with Crippen LogP contribution in [0.2, 0.25) is 0 Å². The van der Waals surface area contributed by atoms with Crippen LogP contribution in [0.3, 0.4) is 0 Å². The summed E-state index contributed by atoms with van der Waals surface area (Å²) in [6.45, 7) is 10.6. The van der Waals surface area contributed by atoms with Crippen molar-refractivity contribution in [2.24, 2.45) is 96.5 Å². The minimum Gasteiger partial charge on any atom is -0.481 e. The van der Waals surface area contributed by atoms with Gasteiger partial charge in [0.05, 0.1) is 37.2 Å². The number of primary amides is 1. The number of carboxylic acids is 1. The zero-order valence-electron chi connectivity index (χ0n) is 54.0. The summed E-state index contributed by atoms with van der Waals surface area (Å²) >= 11 is 0. The second kappa shape index (κ2) is 42.6. The van der Waals surface area contributed by atoms with Crippen molar-refractivity contribution >= 4 is 88.2 Å². The summed E-state index contributed by atoms with van der Waals surface area (Å²) in [6, 6.07) is 1.26. The zero-order chi connectivity index (χ0) is 69.1. The molecule has 0 spiro atoms. The molecule has 0 aromatic heterocycles. The predicted molar refractivity (Wildman–Crippen MR) is 342 cm³/mol. The minimum absolute atomic E-state index is 0.00471. The molecule has 30 nitrogen and oxygen atoms in total. The normalized spacial score (nSPS) is 15.4. The second-order valence-corrected chi connectivity index (χ2v) is 23.3. The van der Waals surface area contributed by atoms with Gasteiger partial charge in [0.2, 0.25) is 35.4 Å². The molecule has 91 heavy (non-hydrogen) atoms. The van der Waals surface area contributed by atoms with E-state index >= 15 is 0 Å². The molecule has 510 valence electrons. The number of amides is 6. The Morgan fingerprint density at radius 3 is 1.31 bits per heavy atom. The topological polar surface area (TPSA) is 537 Å². The van der Waals surface area contributed by atoms with Gasteiger partial charge in [-0.05, 0) is 83.2 Å². The Kier molecular flexibility index (Phi) is 37.7. The molecule has 0 aliphatic carbocycles. The first-order valence-corrected chi connectivity index (χ1v) is 30.9. The highest BCUT2D eigenvalue weighted by molar-refractivity contribution is 5.99. The Hall–Kier alpha value is -8.41. The Morgan fingerprint density at radius 2 is 0.868 bits per heavy atom. The summed E-state index contributed by atoms with van der Waals surface area (Å²) in [7, 11) is 1.58. The van der Waals surface area contributed by atoms with Crippen LogP contribution in [0.1, 0.15) is 144 Å². The van der Waals surface area contributed by atoms with Gasteiger partial charge >= 0.3 is 5.97 Å². The smallest absolute Gasteiger partial charge is 0.305 e. The number of benzene rings is 1. The Morgan fingerprint density at radius 1 is 0.462 bits per heavy atom. The third-order valence-electron chi connectivity index (χ3n) is 16.1. The van der Waals surface area contributed by atoms with Crippen LogP contribution in [0.4, 0.5) is 0 Å². The van der Waals surface area contributed by atoms with E-state index in [-0.39, 0.29) is 101 Å². The number of nitrogens with one attached hydrogen (secondary N) is 6. The van der Waals surface area contributed by atoms with Crippen molar-refractivity contribution in [3.63, 3.8) is 0 Å². The second-order valence-electron chi connectivity index (χ2n) is 23.3. The summed E-state index contributed by atoms with van der Waals surface area (Å²) < 4.78 is 0. The summed E-state index contributed by atoms with van der Waals surface area (Å²) in [6.07, 6.45) is -1.71. The maximum Gasteiger partial charge on any atom is 0.305 e. The first-order valence-electron chi connectivity index (χ1n) is 30.9. The van der Waals surface area contributed by atoms with Crippen molar-refractivity contribution < 1.29 is 67.7 Å². The number of ketones is 5. The number of hydrogen-bond acceptors (Lipinski definition) is 17. The molecule has 22 N–H and O–H groups in total. The average molecular weight is 1280 g/mol. The number of rotatable bonds is 48. The van der Waals surface area contributed by atoms with E-state index in [2.05, 4.69) is 46.9 Å². The standard InChI is InChI=1S/C61H102N16O14/c1-9-33(3)41(57(90)73-37(7)53(62)86)29-50(82)44(26-38-17-12-11-13-18-38)76-58(91)42(34(4)10-2)30-51(83)45(31-52(84)85)75-54(87)35(5)25-48(80)46(32-78)77-56(89)40(20-15-23-71-60(65)66)28-49(81)43(21-16-24-72-61(67)68)74-55(88)39(19-14-22-70-59(63)64)27-47(79)36(6)69-8/h11-13,17-18,33-37,39-46,69,78H,9-10,14-16,19-32H2,1-8H3,(H2,62,86)(H,73,90)(H,74,88)(H,75,87)(H,76,91)(H,77,89)(H,84,85)(H4,63,64,70)(H4,65,66,71)(H4,67,68,72)/t33-,34-,35+,36-,37-,39+,40+,41-,42-,43-,44-,45-,46-/m0/s1. The van der Waals surface area contributed by atoms with E-state index < -0.39 is 169 Å². The van der Waals surface area contributed by atoms with Gasteiger partial charge in [-0.1, -0.05) is 77.8 Å². The number of aliphatic hydroxyl groups excluding tert-OH is 1. The molecule has 0 bridgehead atoms. The fourth-order valence-corrected chi connectivity index (χ4v) is 9.76. The van der Waals surface area contributed by atoms with Crippen LogP contribution in [0, 0.1) is 41.4 Å². The van der Waals surface area contributed by atoms with Gasteiger partial charge < -0.3 is 82.2 Å². The zero-order valence-corrected chi connectivity index (χ0v) is 54.0. The van der Waals surface area contributed by atoms with Crippen LogP contribution in [0.25, 0.3) is 0 Å². The maximum absolute atomic E-state index is 14.4. The SMILES string of the molecule is CC[C@H](C)[C@H](CC(=O)[C@H](Cc1ccccc1)NC(=O)[C@@H](CC(=O)[C@H](CC(=O)O)NC(=O)[C@H](C)CC(=O)[C@H](CO)NC(=O)[C@H](CCCN=C(N)N)CC(=O)[C@H](CCCN=C(N)N)NC(=O)[C@H](CCCN=C(N)N)CC(=O)[C@H](C)NC)[C@@H](C)CC)C(=O)N[C@@H](C)C(N)=O. The molecule has 30 heteroatoms. The quantitative estimate of drug-likeness (QED) is 0.0198. The summed E-state index contributed by atoms with van der Waals surface area (Å²) in [5.41, 5.74) is 39.1. The molecule has 0 aliphatic heterocycles. The van der Waals surface area contributed by atoms with Gasteiger partial charge in [-0.25, -0.2) is 0 Å². The maximum atomic E-state index is 14.4. The summed E-state index contributed by atoms with van der Waals surface area (Å²) in [5, 5.41) is 36.3. The number of carbonyl (C=O) groups excluding carboxylic acids is 11. The van der Waals surface area contributed by atoms with E-state index in [4.69, 9.17) is 40.1 Å². The number of nitrogens with zero attached hydrogens (tertiary/aromatic N) is 3. The fourth-order valence-electron chi connectivity index (χ4n) is 9.76. The Labute approximate surface area is 532 Å². The summed E-state index contributed by atoms with van der Waals surface area (Å²) in [4.78, 5) is 176. The number of carbonyl (C=O) groups is 12. The van der Waals surface area contributed by atoms with Crippen molar-refractivity contribution in [3.8, 4) is 0 Å². The molecule has 6 amide bonds. The van der Waals surface area contributed by atoms with E-state index in [1.165, 1.54) is 13.8 Å². The number of likely N-dealkylation sites (N-methyl/N-ethyl adjacent to an activating group) is 1. The molecule has 1 aromatic carbocycles. The van der Waals surface area contributed by atoms with Gasteiger partial charge in [-0.15, -0.1) is 0 Å². The van der Waals surface area contributed by atoms with E-state index in [1.54, 1.807) is 65.1 Å². The van der Waals surface area contributed by atoms with Crippen molar-refractivity contribution in [3.05, 3.63) is 35.9 Å². The lowest BCUT2D eigenvalue weighted by Crippen LogP contribution is -2.50. The average Bonchev–Trinajstić information content (AvgIpc) is 1.44. The third kappa shape index (κ3) is 31.3. The van der Waals surface area contributed by atoms with Gasteiger partial charge in [0.15, 0.2) is 41.0 Å². The van der Waals surface area contributed by atoms with Crippen LogP contribution < -0.4 is 72.0 Å². The predicted octanol–water partition coefficient (Wildman–Crippen LogP) is -1.62. The number of hydrogen-bond donors (Lipinski definition) is 15. The molecule has 0 saturated carbocycles. The van der Waals surface area contributed by atoms with Gasteiger partial charge in [0.25, 0.3) is 0 Å². The number of carboxylic acid groups (broad SMARTS) is 1. The van der Waals surface area contributed by atoms with Crippen molar-refractivity contribution in [1.29, 1.82) is 0 Å². The molecule has 1 aromatic rings. The van der Waals surface area contributed by atoms with Crippen LogP contribution in [0.15, 0.2) is 45.3 Å². The highest BCUT2D eigenvalue weighted by Gasteiger charge is 2.38. The van der Waals surface area contributed by atoms with Gasteiger partial charge in [-0.2, -0.15) is 0 Å². The lowest BCUT2D eigenvalue weighted by atomic mass is 9.83. The molecular formula is C61H102N16O14. The molecule has 0 radical (unpaired) electrons. The number of guanidine groups is 3. The van der Waals surface area contributed by atoms with E-state index in [1.807, 2.05) is 6.92 Å². The molecule has 0 aliphatic rings. The Bertz CT molecular complexity index is 2680. The summed E-state index contributed by atoms with van der Waals surface area (Å²) in [5.74, 6) is -16.3. The lowest BCUT2D eigenvalue weighted by Gasteiger charge is -2.28. The number of aliphatic imine (C=N–C) groups is 3. The van der Waals surface area contributed by atoms with Gasteiger partial charge in [0.1, 0.15) is 17.9 Å². The van der Waals surface area contributed by atoms with E-state index in [9.17, 15) is 67.7 Å². The van der Waals surface area contributed by atoms with Crippen LogP contribution in [-0.2, 0) is 64.0 Å². The molecule has 0 fully saturated rings. The monoisotopic (exact) mass is 1280 g/mol. The van der Waals surface area contributed by atoms with Crippen molar-refractivity contribution in [1.82, 2.24) is 31.9 Å². The molecule has 0 saturated heterocycles. The number of aliphatic carboxylic acids is 1. The first kappa shape index (κ1) is 80.6. The molecule has 13 atom stereocenters. The lowest BCUT2D eigenvalue weighted by molar-refractivity contribution is -0.141. The van der Waals surface area contributed by atoms with Crippen LogP contribution in [0.5, 0.6) is 0 Å². The van der Waals surface area contributed by atoms with E-state index in [0.29, 0.717) is 24.8 Å². The van der Waals surface area contributed by atoms with Gasteiger partial charge in [-0.3, -0.25) is 72.5 Å². The highest BCUT2D eigenvalue weighted by atomic mass is 16.4. The first-order chi connectivity index (χ1) is 42.8. The van der Waals surface area contributed by atoms with Crippen LogP contribution >= 0.6 is 0 Å². The minimum atomic E-state index is -1.72. The molecular weight excluding hydrogens is 1180 g/mol. The number of nitrogens with two attached hydrogens (primary N) is 7. The van der Waals surface area contributed by atoms with Crippen molar-refractivity contribution in [2.75, 3.05) is 33.3 Å². The van der Waals surface area contributed by atoms with E-state index in [0.717, 1.165) is 0 Å². The number of aliphatic hydroxyl groups is 1. The fraction of sp³-hybridized carbons (Fsp3) is 0.656.